The van der Waals surface area contributed by atoms with Crippen LogP contribution in [0, 0.1) is 0 Å². The minimum absolute atomic E-state index is 0.000298. The smallest absolute Gasteiger partial charge is 0.261 e. The van der Waals surface area contributed by atoms with Crippen molar-refractivity contribution in [2.45, 2.75) is 45.1 Å². The van der Waals surface area contributed by atoms with Crippen LogP contribution in [-0.2, 0) is 0 Å². The maximum atomic E-state index is 12.6. The Morgan fingerprint density at radius 3 is 3.00 bits per heavy atom. The number of piperidine rings is 1. The van der Waals surface area contributed by atoms with Crippen LogP contribution in [0.2, 0.25) is 0 Å². The van der Waals surface area contributed by atoms with Gasteiger partial charge >= 0.3 is 0 Å². The Kier molecular flexibility index (Phi) is 6.31. The Morgan fingerprint density at radius 1 is 1.28 bits per heavy atom. The van der Waals surface area contributed by atoms with Gasteiger partial charge in [-0.25, -0.2) is 4.98 Å². The molecule has 0 bridgehead atoms. The second-order valence-electron chi connectivity index (χ2n) is 7.76. The number of amides is 1. The van der Waals surface area contributed by atoms with Crippen molar-refractivity contribution in [1.82, 2.24) is 15.2 Å². The van der Waals surface area contributed by atoms with E-state index in [2.05, 4.69) is 23.2 Å². The van der Waals surface area contributed by atoms with Gasteiger partial charge in [0.2, 0.25) is 0 Å². The number of carbonyl (C=O) groups excluding carboxylic acids is 1. The molecule has 1 unspecified atom stereocenters. The van der Waals surface area contributed by atoms with E-state index in [-0.39, 0.29) is 5.91 Å². The van der Waals surface area contributed by atoms with Gasteiger partial charge in [-0.05, 0) is 56.5 Å². The van der Waals surface area contributed by atoms with Gasteiger partial charge in [-0.15, -0.1) is 11.3 Å². The van der Waals surface area contributed by atoms with Gasteiger partial charge in [0.1, 0.15) is 10.6 Å². The lowest BCUT2D eigenvalue weighted by molar-refractivity contribution is 0.0951. The maximum Gasteiger partial charge on any atom is 0.261 e. The number of benzene rings is 1. The zero-order valence-corrected chi connectivity index (χ0v) is 18.1. The number of nitrogens with one attached hydrogen (secondary N) is 1. The molecule has 154 valence electrons. The Hall–Kier alpha value is -2.18. The minimum atomic E-state index is 0.000298. The normalized spacial score (nSPS) is 17.7. The molecule has 2 aromatic heterocycles. The van der Waals surface area contributed by atoms with Gasteiger partial charge < -0.3 is 15.0 Å². The van der Waals surface area contributed by atoms with Crippen molar-refractivity contribution in [3.05, 3.63) is 35.2 Å². The number of fused-ring (bicyclic) bond motifs is 2. The highest BCUT2D eigenvalue weighted by Crippen LogP contribution is 2.29. The summed E-state index contributed by atoms with van der Waals surface area (Å²) in [5, 5.41) is 5.15. The molecule has 1 aliphatic heterocycles. The Morgan fingerprint density at radius 2 is 2.17 bits per heavy atom. The number of likely N-dealkylation sites (tertiary alicyclic amines) is 1. The Balaban J connectivity index is 1.37. The van der Waals surface area contributed by atoms with E-state index in [0.29, 0.717) is 6.54 Å². The first-order valence-electron chi connectivity index (χ1n) is 10.6. The molecule has 1 amide bonds. The summed E-state index contributed by atoms with van der Waals surface area (Å²) in [5.41, 5.74) is 0.887. The minimum Gasteiger partial charge on any atom is -0.497 e. The molecule has 1 fully saturated rings. The number of aromatic nitrogens is 1. The molecule has 6 heteroatoms. The van der Waals surface area contributed by atoms with Crippen LogP contribution in [0.25, 0.3) is 21.1 Å². The van der Waals surface area contributed by atoms with Gasteiger partial charge in [0.15, 0.2) is 0 Å². The fourth-order valence-corrected chi connectivity index (χ4v) is 5.17. The van der Waals surface area contributed by atoms with Crippen molar-refractivity contribution in [2.75, 3.05) is 26.7 Å². The zero-order chi connectivity index (χ0) is 20.2. The second kappa shape index (κ2) is 9.09. The van der Waals surface area contributed by atoms with Crippen molar-refractivity contribution in [2.24, 2.45) is 0 Å². The lowest BCUT2D eigenvalue weighted by Gasteiger charge is -2.35. The number of methoxy groups -OCH3 is 1. The summed E-state index contributed by atoms with van der Waals surface area (Å²) in [6.45, 7) is 5.26. The van der Waals surface area contributed by atoms with Crippen molar-refractivity contribution < 1.29 is 9.53 Å². The topological polar surface area (TPSA) is 54.5 Å². The lowest BCUT2D eigenvalue weighted by Crippen LogP contribution is -2.40. The van der Waals surface area contributed by atoms with E-state index in [1.807, 2.05) is 24.3 Å². The number of ether oxygens (including phenoxy) is 1. The van der Waals surface area contributed by atoms with Crippen molar-refractivity contribution >= 4 is 38.4 Å². The van der Waals surface area contributed by atoms with Crippen LogP contribution in [0.3, 0.4) is 0 Å². The fraction of sp³-hybridized carbons (Fsp3) is 0.478. The molecule has 1 aliphatic rings. The number of carbonyl (C=O) groups is 1. The number of hydrogen-bond donors (Lipinski definition) is 1. The van der Waals surface area contributed by atoms with Crippen LogP contribution in [0.5, 0.6) is 5.75 Å². The lowest BCUT2D eigenvalue weighted by atomic mass is 10.00. The second-order valence-corrected chi connectivity index (χ2v) is 8.79. The van der Waals surface area contributed by atoms with Crippen LogP contribution >= 0.6 is 11.3 Å². The van der Waals surface area contributed by atoms with E-state index >= 15 is 0 Å². The molecule has 3 aromatic rings. The van der Waals surface area contributed by atoms with E-state index in [4.69, 9.17) is 9.72 Å². The third-order valence-electron chi connectivity index (χ3n) is 5.86. The zero-order valence-electron chi connectivity index (χ0n) is 17.2. The summed E-state index contributed by atoms with van der Waals surface area (Å²) in [5.74, 6) is 0.790. The van der Waals surface area contributed by atoms with Crippen LogP contribution in [0.15, 0.2) is 30.3 Å². The summed E-state index contributed by atoms with van der Waals surface area (Å²) in [6, 6.07) is 10.6. The number of thiophene rings is 1. The average Bonchev–Trinajstić information content (AvgIpc) is 3.17. The highest BCUT2D eigenvalue weighted by Gasteiger charge is 2.20. The van der Waals surface area contributed by atoms with Crippen LogP contribution in [0.4, 0.5) is 0 Å². The van der Waals surface area contributed by atoms with Crippen LogP contribution < -0.4 is 10.1 Å². The van der Waals surface area contributed by atoms with E-state index in [1.165, 1.54) is 43.6 Å². The van der Waals surface area contributed by atoms with Crippen molar-refractivity contribution in [3.63, 3.8) is 0 Å². The van der Waals surface area contributed by atoms with Crippen molar-refractivity contribution in [1.29, 1.82) is 0 Å². The molecule has 1 aromatic carbocycles. The van der Waals surface area contributed by atoms with Gasteiger partial charge in [0, 0.05) is 36.0 Å². The van der Waals surface area contributed by atoms with Gasteiger partial charge in [-0.2, -0.15) is 0 Å². The molecule has 5 nitrogen and oxygen atoms in total. The fourth-order valence-electron chi connectivity index (χ4n) is 4.23. The monoisotopic (exact) mass is 411 g/mol. The third-order valence-corrected chi connectivity index (χ3v) is 6.91. The van der Waals surface area contributed by atoms with Gasteiger partial charge in [-0.3, -0.25) is 4.79 Å². The molecule has 1 N–H and O–H groups in total. The molecular formula is C23H29N3O2S. The SMILES string of the molecule is CCC1CCCCN1CCCNC(=O)c1cc2cc3ccc(OC)cc3nc2s1. The molecule has 1 atom stereocenters. The standard InChI is InChI=1S/C23H29N3O2S/c1-3-18-7-4-5-11-26(18)12-6-10-24-22(27)21-14-17-13-16-8-9-19(28-2)15-20(16)25-23(17)29-21/h8-9,13-15,18H,3-7,10-12H2,1-2H3,(H,24,27). The first-order valence-corrected chi connectivity index (χ1v) is 11.4. The average molecular weight is 412 g/mol. The number of hydrogen-bond acceptors (Lipinski definition) is 5. The van der Waals surface area contributed by atoms with E-state index in [0.717, 1.165) is 50.8 Å². The Labute approximate surface area is 176 Å². The highest BCUT2D eigenvalue weighted by atomic mass is 32.1. The largest absolute Gasteiger partial charge is 0.497 e. The third kappa shape index (κ3) is 4.54. The molecule has 0 radical (unpaired) electrons. The molecule has 0 saturated carbocycles. The maximum absolute atomic E-state index is 12.6. The summed E-state index contributed by atoms with van der Waals surface area (Å²) in [7, 11) is 1.65. The molecule has 0 aliphatic carbocycles. The van der Waals surface area contributed by atoms with Crippen molar-refractivity contribution in [3.8, 4) is 5.75 Å². The number of rotatable bonds is 7. The first-order chi connectivity index (χ1) is 14.2. The van der Waals surface area contributed by atoms with Crippen LogP contribution in [-0.4, -0.2) is 48.6 Å². The summed E-state index contributed by atoms with van der Waals surface area (Å²) in [6.07, 6.45) is 6.19. The molecule has 0 spiro atoms. The number of nitrogens with zero attached hydrogens (tertiary/aromatic N) is 2. The van der Waals surface area contributed by atoms with Gasteiger partial charge in [0.05, 0.1) is 17.5 Å². The summed E-state index contributed by atoms with van der Waals surface area (Å²) < 4.78 is 5.29. The Bertz CT molecular complexity index is 1000. The van der Waals surface area contributed by atoms with E-state index in [1.54, 1.807) is 7.11 Å². The van der Waals surface area contributed by atoms with Crippen LogP contribution in [0.1, 0.15) is 48.7 Å². The first kappa shape index (κ1) is 20.1. The van der Waals surface area contributed by atoms with E-state index < -0.39 is 0 Å². The molecule has 1 saturated heterocycles. The summed E-state index contributed by atoms with van der Waals surface area (Å²) in [4.78, 5) is 21.5. The predicted molar refractivity (Wildman–Crippen MR) is 120 cm³/mol. The number of pyridine rings is 1. The quantitative estimate of drug-likeness (QED) is 0.565. The molecule has 29 heavy (non-hydrogen) atoms. The highest BCUT2D eigenvalue weighted by molar-refractivity contribution is 7.20. The van der Waals surface area contributed by atoms with Gasteiger partial charge in [-0.1, -0.05) is 13.3 Å². The van der Waals surface area contributed by atoms with E-state index in [9.17, 15) is 4.79 Å². The molecule has 3 heterocycles. The summed E-state index contributed by atoms with van der Waals surface area (Å²) >= 11 is 1.45. The molecular weight excluding hydrogens is 382 g/mol. The predicted octanol–water partition coefficient (Wildman–Crippen LogP) is 4.84. The van der Waals surface area contributed by atoms with Gasteiger partial charge in [0.25, 0.3) is 5.91 Å². The molecule has 4 rings (SSSR count).